The number of hydrogen-bond donors (Lipinski definition) is 2. The molecule has 2 heterocycles. The molecule has 1 fully saturated rings. The van der Waals surface area contributed by atoms with Crippen molar-refractivity contribution in [2.45, 2.75) is 12.2 Å². The summed E-state index contributed by atoms with van der Waals surface area (Å²) in [7, 11) is 0. The molecule has 0 spiro atoms. The van der Waals surface area contributed by atoms with Gasteiger partial charge in [0.2, 0.25) is 10.9 Å². The first-order valence-electron chi connectivity index (χ1n) is 9.64. The van der Waals surface area contributed by atoms with Gasteiger partial charge in [0, 0.05) is 31.1 Å². The van der Waals surface area contributed by atoms with Crippen molar-refractivity contribution in [3.8, 4) is 0 Å². The first-order valence-corrected chi connectivity index (χ1v) is 11.6. The maximum atomic E-state index is 12.9. The van der Waals surface area contributed by atoms with Crippen molar-refractivity contribution in [2.24, 2.45) is 0 Å². The number of halogens is 1. The normalized spacial score (nSPS) is 14.4. The maximum Gasteiger partial charge on any atom is 0.286 e. The summed E-state index contributed by atoms with van der Waals surface area (Å²) in [6, 6.07) is 5.49. The predicted octanol–water partition coefficient (Wildman–Crippen LogP) is 2.00. The Bertz CT molecular complexity index is 828. The summed E-state index contributed by atoms with van der Waals surface area (Å²) in [6.07, 6.45) is 0.916. The van der Waals surface area contributed by atoms with Gasteiger partial charge in [-0.25, -0.2) is 4.39 Å². The third-order valence-corrected chi connectivity index (χ3v) is 6.35. The molecular weight excluding hydrogens is 429 g/mol. The molecule has 8 nitrogen and oxygen atoms in total. The fourth-order valence-electron chi connectivity index (χ4n) is 2.76. The van der Waals surface area contributed by atoms with Gasteiger partial charge in [0.1, 0.15) is 10.8 Å². The minimum absolute atomic E-state index is 0.0132. The minimum Gasteiger partial charge on any atom is -0.379 e. The van der Waals surface area contributed by atoms with E-state index in [2.05, 4.69) is 25.7 Å². The number of carbonyl (C=O) groups is 2. The van der Waals surface area contributed by atoms with Gasteiger partial charge in [0.15, 0.2) is 0 Å². The molecule has 0 radical (unpaired) electrons. The number of morpholine rings is 1. The van der Waals surface area contributed by atoms with Gasteiger partial charge in [-0.3, -0.25) is 14.5 Å². The smallest absolute Gasteiger partial charge is 0.286 e. The number of nitrogens with zero attached hydrogens (tertiary/aromatic N) is 3. The largest absolute Gasteiger partial charge is 0.379 e. The first kappa shape index (κ1) is 22.6. The molecule has 30 heavy (non-hydrogen) atoms. The molecule has 0 atom stereocenters. The van der Waals surface area contributed by atoms with Crippen LogP contribution in [-0.2, 0) is 15.3 Å². The maximum absolute atomic E-state index is 12.9. The number of ether oxygens (including phenoxy) is 1. The van der Waals surface area contributed by atoms with E-state index < -0.39 is 5.91 Å². The van der Waals surface area contributed by atoms with Crippen molar-refractivity contribution in [1.29, 1.82) is 0 Å². The predicted molar refractivity (Wildman–Crippen MR) is 115 cm³/mol. The van der Waals surface area contributed by atoms with E-state index in [1.54, 1.807) is 0 Å². The molecule has 1 saturated heterocycles. The van der Waals surface area contributed by atoms with Crippen LogP contribution in [0.15, 0.2) is 24.3 Å². The molecular formula is C19H24FN5O3S2. The fourth-order valence-corrected chi connectivity index (χ4v) is 4.40. The number of hydrogen-bond acceptors (Lipinski definition) is 8. The van der Waals surface area contributed by atoms with E-state index in [0.29, 0.717) is 28.7 Å². The molecule has 0 saturated carbocycles. The molecule has 0 unspecified atom stereocenters. The molecule has 2 amide bonds. The van der Waals surface area contributed by atoms with Crippen molar-refractivity contribution in [2.75, 3.05) is 50.5 Å². The van der Waals surface area contributed by atoms with Crippen LogP contribution in [0.1, 0.15) is 21.2 Å². The Balaban J connectivity index is 1.30. The Labute approximate surface area is 182 Å². The van der Waals surface area contributed by atoms with Gasteiger partial charge in [-0.1, -0.05) is 11.3 Å². The van der Waals surface area contributed by atoms with Crippen LogP contribution in [0.4, 0.5) is 10.1 Å². The summed E-state index contributed by atoms with van der Waals surface area (Å²) in [5.41, 5.74) is 0.484. The van der Waals surface area contributed by atoms with Crippen LogP contribution in [0.25, 0.3) is 0 Å². The average Bonchev–Trinajstić information content (AvgIpc) is 3.23. The van der Waals surface area contributed by atoms with Gasteiger partial charge >= 0.3 is 0 Å². The number of anilines is 1. The van der Waals surface area contributed by atoms with Crippen LogP contribution in [0.3, 0.4) is 0 Å². The molecule has 2 N–H and O–H groups in total. The Morgan fingerprint density at radius 1 is 1.20 bits per heavy atom. The van der Waals surface area contributed by atoms with Crippen LogP contribution < -0.4 is 10.6 Å². The molecule has 3 rings (SSSR count). The number of amides is 2. The van der Waals surface area contributed by atoms with E-state index in [1.807, 2.05) is 0 Å². The Hall–Kier alpha value is -2.08. The van der Waals surface area contributed by atoms with Gasteiger partial charge in [-0.15, -0.1) is 22.0 Å². The number of thioether (sulfide) groups is 1. The van der Waals surface area contributed by atoms with Crippen molar-refractivity contribution < 1.29 is 18.7 Å². The number of carbonyl (C=O) groups excluding carboxylic acids is 2. The highest BCUT2D eigenvalue weighted by atomic mass is 32.2. The van der Waals surface area contributed by atoms with Crippen LogP contribution >= 0.6 is 23.1 Å². The summed E-state index contributed by atoms with van der Waals surface area (Å²) in [4.78, 5) is 26.5. The minimum atomic E-state index is -0.395. The zero-order valence-corrected chi connectivity index (χ0v) is 18.1. The van der Waals surface area contributed by atoms with Gasteiger partial charge in [-0.05, 0) is 37.2 Å². The summed E-state index contributed by atoms with van der Waals surface area (Å²) in [6.45, 7) is 5.09. The molecule has 162 valence electrons. The molecule has 1 aromatic carbocycles. The summed E-state index contributed by atoms with van der Waals surface area (Å²) in [5, 5.41) is 14.3. The van der Waals surface area contributed by atoms with Crippen LogP contribution in [0, 0.1) is 5.82 Å². The molecule has 1 aromatic heterocycles. The summed E-state index contributed by atoms with van der Waals surface area (Å²) < 4.78 is 18.2. The number of aromatic nitrogens is 2. The van der Waals surface area contributed by atoms with Crippen LogP contribution in [-0.4, -0.2) is 72.1 Å². The van der Waals surface area contributed by atoms with E-state index in [1.165, 1.54) is 47.4 Å². The Morgan fingerprint density at radius 2 is 1.97 bits per heavy atom. The molecule has 11 heteroatoms. The number of benzene rings is 1. The monoisotopic (exact) mass is 453 g/mol. The van der Waals surface area contributed by atoms with Crippen molar-refractivity contribution >= 4 is 40.6 Å². The fraction of sp³-hybridized carbons (Fsp3) is 0.474. The molecule has 0 aliphatic carbocycles. The number of rotatable bonds is 10. The summed E-state index contributed by atoms with van der Waals surface area (Å²) >= 11 is 2.60. The van der Waals surface area contributed by atoms with Gasteiger partial charge in [0.25, 0.3) is 5.91 Å². The van der Waals surface area contributed by atoms with E-state index in [9.17, 15) is 14.0 Å². The second-order valence-electron chi connectivity index (χ2n) is 6.61. The molecule has 0 bridgehead atoms. The zero-order valence-electron chi connectivity index (χ0n) is 16.4. The van der Waals surface area contributed by atoms with E-state index in [0.717, 1.165) is 39.3 Å². The van der Waals surface area contributed by atoms with E-state index in [4.69, 9.17) is 4.74 Å². The second kappa shape index (κ2) is 11.9. The van der Waals surface area contributed by atoms with Crippen molar-refractivity contribution in [3.05, 3.63) is 40.1 Å². The standard InChI is InChI=1S/C19H24FN5O3S2/c20-14-2-4-15(5-3-14)22-18(27)19-24-23-17(30-19)13-29-12-16(26)21-6-1-7-25-8-10-28-11-9-25/h2-5H,1,6-13H2,(H,21,26)(H,22,27). The molecule has 1 aliphatic rings. The quantitative estimate of drug-likeness (QED) is 0.531. The highest BCUT2D eigenvalue weighted by Crippen LogP contribution is 2.18. The lowest BCUT2D eigenvalue weighted by Crippen LogP contribution is -2.38. The summed E-state index contributed by atoms with van der Waals surface area (Å²) in [5.74, 6) is 0.0511. The molecule has 2 aromatic rings. The van der Waals surface area contributed by atoms with Crippen LogP contribution in [0.5, 0.6) is 0 Å². The average molecular weight is 454 g/mol. The highest BCUT2D eigenvalue weighted by molar-refractivity contribution is 7.99. The Kier molecular flexibility index (Phi) is 9.00. The molecule has 1 aliphatic heterocycles. The lowest BCUT2D eigenvalue weighted by Gasteiger charge is -2.26. The van der Waals surface area contributed by atoms with Gasteiger partial charge in [-0.2, -0.15) is 0 Å². The zero-order chi connectivity index (χ0) is 21.2. The second-order valence-corrected chi connectivity index (χ2v) is 8.66. The topological polar surface area (TPSA) is 96.5 Å². The first-order chi connectivity index (χ1) is 14.6. The third kappa shape index (κ3) is 7.63. The lowest BCUT2D eigenvalue weighted by molar-refractivity contribution is -0.118. The van der Waals surface area contributed by atoms with Gasteiger partial charge < -0.3 is 15.4 Å². The Morgan fingerprint density at radius 3 is 2.73 bits per heavy atom. The van der Waals surface area contributed by atoms with E-state index in [-0.39, 0.29) is 16.7 Å². The van der Waals surface area contributed by atoms with Crippen molar-refractivity contribution in [1.82, 2.24) is 20.4 Å². The lowest BCUT2D eigenvalue weighted by atomic mass is 10.3. The van der Waals surface area contributed by atoms with Crippen LogP contribution in [0.2, 0.25) is 0 Å². The van der Waals surface area contributed by atoms with Crippen molar-refractivity contribution in [3.63, 3.8) is 0 Å². The SMILES string of the molecule is O=C(CSCc1nnc(C(=O)Nc2ccc(F)cc2)s1)NCCCN1CCOCC1. The third-order valence-electron chi connectivity index (χ3n) is 4.30. The van der Waals surface area contributed by atoms with Gasteiger partial charge in [0.05, 0.1) is 19.0 Å². The number of nitrogens with one attached hydrogen (secondary N) is 2. The highest BCUT2D eigenvalue weighted by Gasteiger charge is 2.14. The van der Waals surface area contributed by atoms with E-state index >= 15 is 0 Å².